The molecule has 0 radical (unpaired) electrons. The fourth-order valence-electron chi connectivity index (χ4n) is 1.76. The molecule has 0 bridgehead atoms. The fraction of sp³-hybridized carbons (Fsp3) is 0.818. The van der Waals surface area contributed by atoms with Crippen molar-refractivity contribution in [2.45, 2.75) is 31.0 Å². The van der Waals surface area contributed by atoms with Crippen molar-refractivity contribution in [2.75, 3.05) is 20.2 Å². The van der Waals surface area contributed by atoms with Crippen LogP contribution in [0.15, 0.2) is 0 Å². The molecule has 1 aliphatic heterocycles. The van der Waals surface area contributed by atoms with Crippen LogP contribution in [0.25, 0.3) is 0 Å². The van der Waals surface area contributed by atoms with Crippen molar-refractivity contribution in [3.8, 4) is 0 Å². The van der Waals surface area contributed by atoms with Crippen LogP contribution in [0.3, 0.4) is 0 Å². The largest absolute Gasteiger partial charge is 0.468 e. The van der Waals surface area contributed by atoms with Gasteiger partial charge in [-0.1, -0.05) is 22.9 Å². The van der Waals surface area contributed by atoms with Gasteiger partial charge >= 0.3 is 5.97 Å². The van der Waals surface area contributed by atoms with E-state index in [2.05, 4.69) is 27.6 Å². The summed E-state index contributed by atoms with van der Waals surface area (Å²) in [5.74, 6) is 0.392. The maximum atomic E-state index is 11.8. The standard InChI is InChI=1S/C11H18BrNO3/c1-8-3-4-10(14)13(6-5-8)7-9(12)11(15)16-2/h8-9H,3-7H2,1-2H3. The van der Waals surface area contributed by atoms with E-state index in [1.807, 2.05) is 0 Å². The lowest BCUT2D eigenvalue weighted by Crippen LogP contribution is -2.38. The number of ether oxygens (including phenoxy) is 1. The maximum absolute atomic E-state index is 11.8. The average molecular weight is 292 g/mol. The molecule has 1 saturated heterocycles. The summed E-state index contributed by atoms with van der Waals surface area (Å²) in [6, 6.07) is 0. The Morgan fingerprint density at radius 1 is 1.62 bits per heavy atom. The second-order valence-corrected chi connectivity index (χ2v) is 5.37. The van der Waals surface area contributed by atoms with Gasteiger partial charge in [-0.25, -0.2) is 0 Å². The van der Waals surface area contributed by atoms with Gasteiger partial charge in [-0.15, -0.1) is 0 Å². The Morgan fingerprint density at radius 3 is 2.94 bits per heavy atom. The summed E-state index contributed by atoms with van der Waals surface area (Å²) in [4.78, 5) is 24.3. The highest BCUT2D eigenvalue weighted by Crippen LogP contribution is 2.18. The third-order valence-corrected chi connectivity index (χ3v) is 3.60. The number of likely N-dealkylation sites (tertiary alicyclic amines) is 1. The molecule has 0 saturated carbocycles. The summed E-state index contributed by atoms with van der Waals surface area (Å²) < 4.78 is 4.62. The monoisotopic (exact) mass is 291 g/mol. The molecule has 1 rings (SSSR count). The first-order chi connectivity index (χ1) is 7.54. The number of rotatable bonds is 3. The predicted molar refractivity (Wildman–Crippen MR) is 64.3 cm³/mol. The van der Waals surface area contributed by atoms with Crippen LogP contribution < -0.4 is 0 Å². The Balaban J connectivity index is 2.51. The van der Waals surface area contributed by atoms with Gasteiger partial charge in [-0.05, 0) is 18.8 Å². The summed E-state index contributed by atoms with van der Waals surface area (Å²) in [5.41, 5.74) is 0. The van der Waals surface area contributed by atoms with E-state index >= 15 is 0 Å². The van der Waals surface area contributed by atoms with Crippen LogP contribution in [0.4, 0.5) is 0 Å². The lowest BCUT2D eigenvalue weighted by molar-refractivity contribution is -0.140. The highest BCUT2D eigenvalue weighted by Gasteiger charge is 2.25. The molecule has 1 aliphatic rings. The molecule has 0 aromatic rings. The van der Waals surface area contributed by atoms with Gasteiger partial charge in [0.1, 0.15) is 4.83 Å². The number of carbonyl (C=O) groups excluding carboxylic acids is 2. The molecule has 0 spiro atoms. The molecule has 0 aromatic carbocycles. The molecular weight excluding hydrogens is 274 g/mol. The van der Waals surface area contributed by atoms with Crippen LogP contribution in [0.1, 0.15) is 26.2 Å². The predicted octanol–water partition coefficient (Wildman–Crippen LogP) is 1.57. The summed E-state index contributed by atoms with van der Waals surface area (Å²) in [7, 11) is 1.35. The Morgan fingerprint density at radius 2 is 2.31 bits per heavy atom. The van der Waals surface area contributed by atoms with Crippen molar-refractivity contribution in [2.24, 2.45) is 5.92 Å². The van der Waals surface area contributed by atoms with Gasteiger partial charge in [0.05, 0.1) is 7.11 Å². The summed E-state index contributed by atoms with van der Waals surface area (Å²) >= 11 is 3.24. The van der Waals surface area contributed by atoms with Crippen molar-refractivity contribution in [1.29, 1.82) is 0 Å². The van der Waals surface area contributed by atoms with E-state index in [-0.39, 0.29) is 11.9 Å². The molecule has 1 fully saturated rings. The minimum atomic E-state index is -0.421. The average Bonchev–Trinajstić information content (AvgIpc) is 2.43. The van der Waals surface area contributed by atoms with Crippen molar-refractivity contribution < 1.29 is 14.3 Å². The quantitative estimate of drug-likeness (QED) is 0.586. The highest BCUT2D eigenvalue weighted by molar-refractivity contribution is 9.10. The number of halogens is 1. The van der Waals surface area contributed by atoms with E-state index in [1.165, 1.54) is 7.11 Å². The molecule has 2 atom stereocenters. The Hall–Kier alpha value is -0.580. The van der Waals surface area contributed by atoms with Gasteiger partial charge in [-0.3, -0.25) is 9.59 Å². The summed E-state index contributed by atoms with van der Waals surface area (Å²) in [6.45, 7) is 3.29. The van der Waals surface area contributed by atoms with Gasteiger partial charge in [0.25, 0.3) is 0 Å². The van der Waals surface area contributed by atoms with Gasteiger partial charge in [-0.2, -0.15) is 0 Å². The number of carbonyl (C=O) groups is 2. The minimum absolute atomic E-state index is 0.137. The van der Waals surface area contributed by atoms with E-state index in [0.29, 0.717) is 18.9 Å². The zero-order valence-corrected chi connectivity index (χ0v) is 11.3. The topological polar surface area (TPSA) is 46.6 Å². The van der Waals surface area contributed by atoms with Gasteiger partial charge in [0, 0.05) is 19.5 Å². The Labute approximate surface area is 104 Å². The van der Waals surface area contributed by atoms with Crippen molar-refractivity contribution in [1.82, 2.24) is 4.90 Å². The molecule has 16 heavy (non-hydrogen) atoms. The van der Waals surface area contributed by atoms with Crippen molar-refractivity contribution in [3.63, 3.8) is 0 Å². The molecule has 0 aliphatic carbocycles. The van der Waals surface area contributed by atoms with Crippen LogP contribution in [-0.4, -0.2) is 41.8 Å². The van der Waals surface area contributed by atoms with Crippen LogP contribution in [0.5, 0.6) is 0 Å². The smallest absolute Gasteiger partial charge is 0.321 e. The molecule has 2 unspecified atom stereocenters. The van der Waals surface area contributed by atoms with Crippen LogP contribution >= 0.6 is 15.9 Å². The zero-order valence-electron chi connectivity index (χ0n) is 9.74. The van der Waals surface area contributed by atoms with E-state index in [0.717, 1.165) is 19.4 Å². The molecule has 0 N–H and O–H groups in total. The molecule has 92 valence electrons. The highest BCUT2D eigenvalue weighted by atomic mass is 79.9. The SMILES string of the molecule is COC(=O)C(Br)CN1CCC(C)CCC1=O. The molecule has 1 amide bonds. The number of nitrogens with zero attached hydrogens (tertiary/aromatic N) is 1. The van der Waals surface area contributed by atoms with Crippen molar-refractivity contribution >= 4 is 27.8 Å². The second kappa shape index (κ2) is 6.23. The van der Waals surface area contributed by atoms with E-state index in [9.17, 15) is 9.59 Å². The number of alkyl halides is 1. The number of amides is 1. The third-order valence-electron chi connectivity index (χ3n) is 2.93. The van der Waals surface area contributed by atoms with Gasteiger partial charge < -0.3 is 9.64 Å². The zero-order chi connectivity index (χ0) is 12.1. The first-order valence-electron chi connectivity index (χ1n) is 5.54. The Bertz CT molecular complexity index is 270. The van der Waals surface area contributed by atoms with Crippen molar-refractivity contribution in [3.05, 3.63) is 0 Å². The Kier molecular flexibility index (Phi) is 5.25. The van der Waals surface area contributed by atoms with E-state index in [4.69, 9.17) is 0 Å². The van der Waals surface area contributed by atoms with E-state index in [1.54, 1.807) is 4.90 Å². The first kappa shape index (κ1) is 13.5. The number of hydrogen-bond donors (Lipinski definition) is 0. The van der Waals surface area contributed by atoms with E-state index < -0.39 is 4.83 Å². The number of esters is 1. The number of hydrogen-bond acceptors (Lipinski definition) is 3. The maximum Gasteiger partial charge on any atom is 0.321 e. The lowest BCUT2D eigenvalue weighted by Gasteiger charge is -2.22. The molecule has 4 nitrogen and oxygen atoms in total. The van der Waals surface area contributed by atoms with Crippen LogP contribution in [0.2, 0.25) is 0 Å². The third kappa shape index (κ3) is 3.77. The second-order valence-electron chi connectivity index (χ2n) is 4.26. The number of methoxy groups -OCH3 is 1. The normalized spacial score (nSPS) is 23.8. The molecule has 0 aromatic heterocycles. The molecular formula is C11H18BrNO3. The van der Waals surface area contributed by atoms with Gasteiger partial charge in [0.15, 0.2) is 0 Å². The van der Waals surface area contributed by atoms with Crippen LogP contribution in [-0.2, 0) is 14.3 Å². The molecule has 5 heteroatoms. The lowest BCUT2D eigenvalue weighted by atomic mass is 10.0. The van der Waals surface area contributed by atoms with Crippen LogP contribution in [0, 0.1) is 5.92 Å². The summed E-state index contributed by atoms with van der Waals surface area (Å²) in [5, 5.41) is 0. The minimum Gasteiger partial charge on any atom is -0.468 e. The fourth-order valence-corrected chi connectivity index (χ4v) is 2.30. The first-order valence-corrected chi connectivity index (χ1v) is 6.45. The molecule has 1 heterocycles. The summed E-state index contributed by atoms with van der Waals surface area (Å²) in [6.07, 6.45) is 2.54. The van der Waals surface area contributed by atoms with Gasteiger partial charge in [0.2, 0.25) is 5.91 Å².